The Kier molecular flexibility index (Phi) is 4.51. The van der Waals surface area contributed by atoms with Gasteiger partial charge < -0.3 is 10.4 Å². The zero-order valence-corrected chi connectivity index (χ0v) is 13.1. The fourth-order valence-corrected chi connectivity index (χ4v) is 2.33. The predicted octanol–water partition coefficient (Wildman–Crippen LogP) is 3.56. The van der Waals surface area contributed by atoms with Gasteiger partial charge in [-0.3, -0.25) is 4.79 Å². The van der Waals surface area contributed by atoms with E-state index in [1.807, 2.05) is 0 Å². The molecule has 1 amide bonds. The lowest BCUT2D eigenvalue weighted by Gasteiger charge is -2.09. The number of benzene rings is 1. The maximum atomic E-state index is 12.2. The largest absolute Gasteiger partial charge is 0.476 e. The molecule has 0 saturated heterocycles. The minimum atomic E-state index is -1.20. The number of carboxylic acid groups (broad SMARTS) is 1. The third-order valence-corrected chi connectivity index (χ3v) is 3.62. The van der Waals surface area contributed by atoms with E-state index in [0.717, 1.165) is 4.47 Å². The second kappa shape index (κ2) is 6.15. The summed E-state index contributed by atoms with van der Waals surface area (Å²) in [6, 6.07) is 8.18. The average molecular weight is 400 g/mol. The molecule has 0 saturated carbocycles. The highest BCUT2D eigenvalue weighted by atomic mass is 79.9. The highest BCUT2D eigenvalue weighted by Crippen LogP contribution is 2.23. The molecule has 0 atom stereocenters. The lowest BCUT2D eigenvalue weighted by atomic mass is 10.2. The number of nitrogens with one attached hydrogen (secondary N) is 1. The second-order valence-corrected chi connectivity index (χ2v) is 5.55. The first kappa shape index (κ1) is 14.7. The molecule has 20 heavy (non-hydrogen) atoms. The Bertz CT molecular complexity index is 689. The number of anilines is 1. The number of hydrogen-bond donors (Lipinski definition) is 2. The fourth-order valence-electron chi connectivity index (χ4n) is 1.54. The SMILES string of the molecule is O=C(Nc1cccnc1C(=O)O)c1cc(Br)ccc1Br. The van der Waals surface area contributed by atoms with Crippen LogP contribution in [0.25, 0.3) is 0 Å². The van der Waals surface area contributed by atoms with E-state index in [-0.39, 0.29) is 11.4 Å². The van der Waals surface area contributed by atoms with Crippen molar-refractivity contribution in [3.05, 3.63) is 56.7 Å². The fraction of sp³-hybridized carbons (Fsp3) is 0. The predicted molar refractivity (Wildman–Crippen MR) is 81.0 cm³/mol. The molecule has 1 aromatic heterocycles. The van der Waals surface area contributed by atoms with Crippen LogP contribution < -0.4 is 5.32 Å². The summed E-state index contributed by atoms with van der Waals surface area (Å²) >= 11 is 6.56. The van der Waals surface area contributed by atoms with Gasteiger partial charge in [0.2, 0.25) is 0 Å². The van der Waals surface area contributed by atoms with Gasteiger partial charge in [-0.1, -0.05) is 15.9 Å². The van der Waals surface area contributed by atoms with Crippen molar-refractivity contribution in [1.82, 2.24) is 4.98 Å². The lowest BCUT2D eigenvalue weighted by molar-refractivity contribution is 0.0692. The van der Waals surface area contributed by atoms with Crippen molar-refractivity contribution in [1.29, 1.82) is 0 Å². The number of carbonyl (C=O) groups is 2. The van der Waals surface area contributed by atoms with Crippen LogP contribution in [-0.4, -0.2) is 22.0 Å². The first-order chi connectivity index (χ1) is 9.49. The van der Waals surface area contributed by atoms with Crippen molar-refractivity contribution in [2.24, 2.45) is 0 Å². The molecule has 0 aliphatic carbocycles. The monoisotopic (exact) mass is 398 g/mol. The second-order valence-electron chi connectivity index (χ2n) is 3.78. The summed E-state index contributed by atoms with van der Waals surface area (Å²) < 4.78 is 1.36. The van der Waals surface area contributed by atoms with Gasteiger partial charge in [-0.2, -0.15) is 0 Å². The zero-order chi connectivity index (χ0) is 14.7. The van der Waals surface area contributed by atoms with Gasteiger partial charge in [0, 0.05) is 15.1 Å². The molecular formula is C13H8Br2N2O3. The average Bonchev–Trinajstić information content (AvgIpc) is 2.41. The highest BCUT2D eigenvalue weighted by molar-refractivity contribution is 9.11. The number of nitrogens with zero attached hydrogens (tertiary/aromatic N) is 1. The summed E-state index contributed by atoms with van der Waals surface area (Å²) in [6.45, 7) is 0. The number of rotatable bonds is 3. The van der Waals surface area contributed by atoms with E-state index in [0.29, 0.717) is 10.0 Å². The molecule has 0 aliphatic heterocycles. The standard InChI is InChI=1S/C13H8Br2N2O3/c14-7-3-4-9(15)8(6-7)12(18)17-10-2-1-5-16-11(10)13(19)20/h1-6H,(H,17,18)(H,19,20). The molecular weight excluding hydrogens is 392 g/mol. The molecule has 7 heteroatoms. The molecule has 0 radical (unpaired) electrons. The van der Waals surface area contributed by atoms with Crippen LogP contribution in [0.3, 0.4) is 0 Å². The van der Waals surface area contributed by atoms with Crippen molar-refractivity contribution in [2.45, 2.75) is 0 Å². The van der Waals surface area contributed by atoms with Gasteiger partial charge in [-0.25, -0.2) is 9.78 Å². The topological polar surface area (TPSA) is 79.3 Å². The van der Waals surface area contributed by atoms with E-state index in [1.165, 1.54) is 12.3 Å². The molecule has 1 aromatic carbocycles. The number of aromatic nitrogens is 1. The minimum Gasteiger partial charge on any atom is -0.476 e. The van der Waals surface area contributed by atoms with Crippen LogP contribution in [0.4, 0.5) is 5.69 Å². The first-order valence-electron chi connectivity index (χ1n) is 5.44. The quantitative estimate of drug-likeness (QED) is 0.826. The number of pyridine rings is 1. The molecule has 0 unspecified atom stereocenters. The van der Waals surface area contributed by atoms with Crippen LogP contribution in [-0.2, 0) is 0 Å². The van der Waals surface area contributed by atoms with E-state index in [4.69, 9.17) is 5.11 Å². The van der Waals surface area contributed by atoms with E-state index in [9.17, 15) is 9.59 Å². The van der Waals surface area contributed by atoms with Gasteiger partial charge in [-0.05, 0) is 46.3 Å². The number of halogens is 2. The molecule has 2 N–H and O–H groups in total. The Morgan fingerprint density at radius 2 is 1.95 bits per heavy atom. The Morgan fingerprint density at radius 3 is 2.65 bits per heavy atom. The van der Waals surface area contributed by atoms with E-state index < -0.39 is 11.9 Å². The minimum absolute atomic E-state index is 0.150. The van der Waals surface area contributed by atoms with Crippen LogP contribution in [0.2, 0.25) is 0 Å². The summed E-state index contributed by atoms with van der Waals surface area (Å²) in [4.78, 5) is 26.9. The normalized spacial score (nSPS) is 10.1. The van der Waals surface area contributed by atoms with Crippen molar-refractivity contribution in [3.8, 4) is 0 Å². The maximum Gasteiger partial charge on any atom is 0.356 e. The van der Waals surface area contributed by atoms with E-state index in [2.05, 4.69) is 42.2 Å². The molecule has 0 spiro atoms. The number of carboxylic acids is 1. The summed E-state index contributed by atoms with van der Waals surface area (Å²) in [5, 5.41) is 11.6. The summed E-state index contributed by atoms with van der Waals surface area (Å²) in [7, 11) is 0. The molecule has 2 aromatic rings. The van der Waals surface area contributed by atoms with Crippen LogP contribution in [0.15, 0.2) is 45.5 Å². The van der Waals surface area contributed by atoms with Crippen LogP contribution >= 0.6 is 31.9 Å². The van der Waals surface area contributed by atoms with Gasteiger partial charge in [-0.15, -0.1) is 0 Å². The van der Waals surface area contributed by atoms with E-state index >= 15 is 0 Å². The summed E-state index contributed by atoms with van der Waals surface area (Å²) in [5.74, 6) is -1.62. The molecule has 102 valence electrons. The third kappa shape index (κ3) is 3.23. The van der Waals surface area contributed by atoms with Gasteiger partial charge >= 0.3 is 5.97 Å². The highest BCUT2D eigenvalue weighted by Gasteiger charge is 2.16. The van der Waals surface area contributed by atoms with Crippen molar-refractivity contribution >= 4 is 49.4 Å². The summed E-state index contributed by atoms with van der Waals surface area (Å²) in [6.07, 6.45) is 1.36. The smallest absolute Gasteiger partial charge is 0.356 e. The number of amides is 1. The number of aromatic carboxylic acids is 1. The molecule has 0 aliphatic rings. The van der Waals surface area contributed by atoms with Gasteiger partial charge in [0.25, 0.3) is 5.91 Å². The third-order valence-electron chi connectivity index (χ3n) is 2.43. The van der Waals surface area contributed by atoms with Gasteiger partial charge in [0.1, 0.15) is 0 Å². The number of carbonyl (C=O) groups excluding carboxylic acids is 1. The Balaban J connectivity index is 2.33. The number of hydrogen-bond acceptors (Lipinski definition) is 3. The lowest BCUT2D eigenvalue weighted by Crippen LogP contribution is -2.16. The molecule has 5 nitrogen and oxygen atoms in total. The Hall–Kier alpha value is -1.73. The van der Waals surface area contributed by atoms with Gasteiger partial charge in [0.05, 0.1) is 11.3 Å². The van der Waals surface area contributed by atoms with E-state index in [1.54, 1.807) is 24.3 Å². The molecule has 1 heterocycles. The molecule has 0 fully saturated rings. The molecule has 2 rings (SSSR count). The van der Waals surface area contributed by atoms with Crippen LogP contribution in [0, 0.1) is 0 Å². The first-order valence-corrected chi connectivity index (χ1v) is 7.02. The van der Waals surface area contributed by atoms with Crippen LogP contribution in [0.5, 0.6) is 0 Å². The van der Waals surface area contributed by atoms with Crippen molar-refractivity contribution < 1.29 is 14.7 Å². The molecule has 0 bridgehead atoms. The van der Waals surface area contributed by atoms with Crippen molar-refractivity contribution in [3.63, 3.8) is 0 Å². The van der Waals surface area contributed by atoms with Gasteiger partial charge in [0.15, 0.2) is 5.69 Å². The maximum absolute atomic E-state index is 12.2. The Morgan fingerprint density at radius 1 is 1.20 bits per heavy atom. The Labute approximate surface area is 131 Å². The summed E-state index contributed by atoms with van der Waals surface area (Å²) in [5.41, 5.74) is 0.336. The van der Waals surface area contributed by atoms with Crippen molar-refractivity contribution in [2.75, 3.05) is 5.32 Å². The zero-order valence-electron chi connectivity index (χ0n) is 9.93. The van der Waals surface area contributed by atoms with Crippen LogP contribution in [0.1, 0.15) is 20.8 Å².